The van der Waals surface area contributed by atoms with E-state index in [2.05, 4.69) is 31.8 Å². The summed E-state index contributed by atoms with van der Waals surface area (Å²) >= 11 is 0. The van der Waals surface area contributed by atoms with Crippen LogP contribution < -0.4 is 21.8 Å². The quantitative estimate of drug-likeness (QED) is 0.0821. The highest BCUT2D eigenvalue weighted by Gasteiger charge is 2.50. The highest BCUT2D eigenvalue weighted by molar-refractivity contribution is 7.89. The van der Waals surface area contributed by atoms with Crippen LogP contribution >= 0.6 is 0 Å². The summed E-state index contributed by atoms with van der Waals surface area (Å²) in [6.07, 6.45) is 5.98. The first-order valence-corrected chi connectivity index (χ1v) is 22.1. The lowest BCUT2D eigenvalue weighted by atomic mass is 9.89. The molecule has 2 saturated heterocycles. The number of amides is 6. The number of hydrogen-bond donors (Lipinski definition) is 5. The van der Waals surface area contributed by atoms with Crippen LogP contribution in [-0.2, 0) is 46.1 Å². The molecule has 1 aromatic carbocycles. The maximum atomic E-state index is 13.6. The zero-order chi connectivity index (χ0) is 47.1. The fourth-order valence-electron chi connectivity index (χ4n) is 7.51. The zero-order valence-electron chi connectivity index (χ0n) is 35.9. The SMILES string of the molecule is CCS(=O)(=O)N1CC(CC#N)(n2cc(-c3ncnc4c3ccn4C(=O)N(C)CCN(C)C(=O)OCc3ccc(NC(=O)CNC(=O)C4CCCN4C(=O)C(CC(N)=O)NO)cc3)cn2)C1. The van der Waals surface area contributed by atoms with E-state index < -0.39 is 69.8 Å². The van der Waals surface area contributed by atoms with E-state index in [1.54, 1.807) is 73.1 Å². The summed E-state index contributed by atoms with van der Waals surface area (Å²) in [4.78, 5) is 88.6. The van der Waals surface area contributed by atoms with Crippen molar-refractivity contribution in [1.29, 1.82) is 5.26 Å². The number of nitrogens with zero attached hydrogens (tertiary/aromatic N) is 10. The zero-order valence-corrected chi connectivity index (χ0v) is 36.7. The summed E-state index contributed by atoms with van der Waals surface area (Å²) in [5.41, 5.74) is 8.52. The minimum Gasteiger partial charge on any atom is -0.445 e. The molecule has 0 saturated carbocycles. The molecular formula is C40H50N14O10S. The van der Waals surface area contributed by atoms with Gasteiger partial charge in [0.05, 0.1) is 43.1 Å². The Balaban J connectivity index is 0.950. The van der Waals surface area contributed by atoms with E-state index in [9.17, 15) is 47.7 Å². The van der Waals surface area contributed by atoms with E-state index in [1.165, 1.54) is 36.9 Å². The number of likely N-dealkylation sites (tertiary alicyclic amines) is 1. The van der Waals surface area contributed by atoms with Gasteiger partial charge < -0.3 is 41.0 Å². The third kappa shape index (κ3) is 10.7. The van der Waals surface area contributed by atoms with Crippen molar-refractivity contribution >= 4 is 62.5 Å². The molecule has 2 fully saturated rings. The maximum absolute atomic E-state index is 13.6. The molecule has 3 aromatic heterocycles. The number of nitriles is 1. The fraction of sp³-hybridized carbons (Fsp3) is 0.450. The highest BCUT2D eigenvalue weighted by Crippen LogP contribution is 2.36. The number of hydrogen-bond acceptors (Lipinski definition) is 15. The first kappa shape index (κ1) is 47.5. The van der Waals surface area contributed by atoms with Crippen LogP contribution in [0.5, 0.6) is 0 Å². The Morgan fingerprint density at radius 2 is 1.80 bits per heavy atom. The highest BCUT2D eigenvalue weighted by atomic mass is 32.2. The molecule has 2 aliphatic heterocycles. The molecule has 6 rings (SSSR count). The average Bonchev–Trinajstić information content (AvgIpc) is 4.08. The summed E-state index contributed by atoms with van der Waals surface area (Å²) in [5, 5.41) is 29.0. The monoisotopic (exact) mass is 918 g/mol. The van der Waals surface area contributed by atoms with Gasteiger partial charge in [-0.15, -0.1) is 0 Å². The molecule has 25 heteroatoms. The third-order valence-electron chi connectivity index (χ3n) is 11.3. The lowest BCUT2D eigenvalue weighted by Gasteiger charge is -2.47. The van der Waals surface area contributed by atoms with Crippen molar-refractivity contribution < 1.29 is 47.1 Å². The van der Waals surface area contributed by atoms with E-state index in [-0.39, 0.29) is 58.0 Å². The van der Waals surface area contributed by atoms with Crippen molar-refractivity contribution in [2.75, 3.05) is 64.4 Å². The number of nitrogens with two attached hydrogens (primary N) is 1. The molecule has 65 heavy (non-hydrogen) atoms. The number of rotatable bonds is 18. The molecule has 0 radical (unpaired) electrons. The molecule has 6 amide bonds. The van der Waals surface area contributed by atoms with Crippen LogP contribution in [0, 0.1) is 11.3 Å². The first-order chi connectivity index (χ1) is 31.0. The Kier molecular flexibility index (Phi) is 14.8. The predicted molar refractivity (Wildman–Crippen MR) is 230 cm³/mol. The summed E-state index contributed by atoms with van der Waals surface area (Å²) in [7, 11) is -0.312. The van der Waals surface area contributed by atoms with Crippen LogP contribution in [-0.4, -0.2) is 164 Å². The summed E-state index contributed by atoms with van der Waals surface area (Å²) in [6, 6.07) is 7.71. The Labute approximate surface area is 373 Å². The molecule has 2 atom stereocenters. The number of fused-ring (bicyclic) bond motifs is 1. The molecule has 24 nitrogen and oxygen atoms in total. The molecule has 346 valence electrons. The van der Waals surface area contributed by atoms with Gasteiger partial charge in [-0.25, -0.2) is 28.0 Å². The van der Waals surface area contributed by atoms with Gasteiger partial charge in [-0.05, 0) is 43.5 Å². The molecule has 0 aliphatic carbocycles. The third-order valence-corrected chi connectivity index (χ3v) is 13.0. The minimum atomic E-state index is -3.42. The number of anilines is 1. The van der Waals surface area contributed by atoms with Crippen molar-refractivity contribution in [2.24, 2.45) is 5.73 Å². The van der Waals surface area contributed by atoms with Crippen LogP contribution in [0.3, 0.4) is 0 Å². The van der Waals surface area contributed by atoms with Crippen molar-refractivity contribution in [3.05, 3.63) is 60.8 Å². The van der Waals surface area contributed by atoms with E-state index in [1.807, 2.05) is 0 Å². The lowest BCUT2D eigenvalue weighted by molar-refractivity contribution is -0.143. The van der Waals surface area contributed by atoms with Crippen LogP contribution in [0.2, 0.25) is 0 Å². The van der Waals surface area contributed by atoms with E-state index in [0.717, 1.165) is 0 Å². The fourth-order valence-corrected chi connectivity index (χ4v) is 8.75. The molecule has 2 aliphatic rings. The van der Waals surface area contributed by atoms with Crippen molar-refractivity contribution in [3.63, 3.8) is 0 Å². The van der Waals surface area contributed by atoms with E-state index in [0.29, 0.717) is 46.4 Å². The van der Waals surface area contributed by atoms with Gasteiger partial charge in [-0.2, -0.15) is 20.1 Å². The second-order valence-electron chi connectivity index (χ2n) is 15.7. The van der Waals surface area contributed by atoms with Gasteiger partial charge in [-0.1, -0.05) is 12.1 Å². The minimum absolute atomic E-state index is 0.0447. The number of ether oxygens (including phenoxy) is 1. The van der Waals surface area contributed by atoms with Gasteiger partial charge >= 0.3 is 12.1 Å². The Hall–Kier alpha value is -7.01. The Morgan fingerprint density at radius 1 is 1.08 bits per heavy atom. The molecule has 5 heterocycles. The van der Waals surface area contributed by atoms with Crippen molar-refractivity contribution in [1.82, 2.24) is 54.1 Å². The standard InChI is InChI=1S/C40H50N14O10S/c1-4-65(62,63)51-23-40(24-51,12-13-41)54-21-27(19-46-54)34-29-11-15-53(35(29)45-25-44-34)38(59)49(2)16-17-50(3)39(60)64-22-26-7-9-28(10-8-26)47-33(56)20-43-36(57)31-6-5-14-52(31)37(58)30(48-61)18-32(42)55/h7-11,15,19,21,25,30-31,48,61H,4-6,12,14,16-18,20,22-24H2,1-3H3,(H2,42,55)(H,43,57)(H,47,56). The number of hydroxylamine groups is 1. The van der Waals surface area contributed by atoms with Gasteiger partial charge in [0.25, 0.3) is 0 Å². The van der Waals surface area contributed by atoms with Crippen LogP contribution in [0.15, 0.2) is 55.2 Å². The van der Waals surface area contributed by atoms with E-state index in [4.69, 9.17) is 10.5 Å². The number of nitrogens with one attached hydrogen (secondary N) is 3. The molecule has 2 unspecified atom stereocenters. The number of carbonyl (C=O) groups excluding carboxylic acids is 6. The number of aromatic nitrogens is 5. The summed E-state index contributed by atoms with van der Waals surface area (Å²) in [6.45, 7) is 1.84. The Morgan fingerprint density at radius 3 is 2.48 bits per heavy atom. The number of sulfonamides is 1. The van der Waals surface area contributed by atoms with Gasteiger partial charge in [-0.3, -0.25) is 28.4 Å². The van der Waals surface area contributed by atoms with Gasteiger partial charge in [0.1, 0.15) is 30.6 Å². The molecule has 0 spiro atoms. The average molecular weight is 919 g/mol. The van der Waals surface area contributed by atoms with Gasteiger partial charge in [0.15, 0.2) is 5.65 Å². The van der Waals surface area contributed by atoms with Gasteiger partial charge in [0.2, 0.25) is 33.7 Å². The maximum Gasteiger partial charge on any atom is 0.409 e. The number of likely N-dealkylation sites (N-methyl/N-ethyl adjacent to an activating group) is 2. The van der Waals surface area contributed by atoms with Crippen LogP contribution in [0.4, 0.5) is 15.3 Å². The second kappa shape index (κ2) is 20.2. The van der Waals surface area contributed by atoms with E-state index >= 15 is 0 Å². The van der Waals surface area contributed by atoms with Crippen molar-refractivity contribution in [3.8, 4) is 17.3 Å². The van der Waals surface area contributed by atoms with Crippen LogP contribution in [0.25, 0.3) is 22.3 Å². The molecule has 6 N–H and O–H groups in total. The summed E-state index contributed by atoms with van der Waals surface area (Å²) < 4.78 is 34.5. The molecule has 4 aromatic rings. The Bertz CT molecular complexity index is 2590. The van der Waals surface area contributed by atoms with Crippen LogP contribution in [0.1, 0.15) is 38.2 Å². The molecular weight excluding hydrogens is 869 g/mol. The topological polar surface area (TPSA) is 313 Å². The second-order valence-corrected chi connectivity index (χ2v) is 18.0. The lowest BCUT2D eigenvalue weighted by Crippen LogP contribution is -2.64. The smallest absolute Gasteiger partial charge is 0.409 e. The first-order valence-electron chi connectivity index (χ1n) is 20.5. The number of carbonyl (C=O) groups is 6. The largest absolute Gasteiger partial charge is 0.445 e. The van der Waals surface area contributed by atoms with Crippen molar-refractivity contribution in [2.45, 2.75) is 56.8 Å². The predicted octanol–water partition coefficient (Wildman–Crippen LogP) is 0.00608. The number of primary amides is 1. The van der Waals surface area contributed by atoms with Gasteiger partial charge in [0, 0.05) is 75.8 Å². The summed E-state index contributed by atoms with van der Waals surface area (Å²) in [5.74, 6) is -2.62. The normalized spacial score (nSPS) is 16.2. The molecule has 0 bridgehead atoms. The number of benzene rings is 1.